The van der Waals surface area contributed by atoms with Gasteiger partial charge in [-0.2, -0.15) is 12.8 Å². The van der Waals surface area contributed by atoms with Gasteiger partial charge in [0.1, 0.15) is 11.6 Å². The van der Waals surface area contributed by atoms with Crippen molar-refractivity contribution in [3.8, 4) is 0 Å². The largest absolute Gasteiger partial charge is 0.330 e. The van der Waals surface area contributed by atoms with Crippen molar-refractivity contribution >= 4 is 59.2 Å². The van der Waals surface area contributed by atoms with E-state index >= 15 is 0 Å². The van der Waals surface area contributed by atoms with E-state index < -0.39 is 27.6 Å². The number of amides is 1. The van der Waals surface area contributed by atoms with E-state index in [0.717, 1.165) is 23.7 Å². The third-order valence-electron chi connectivity index (χ3n) is 5.17. The van der Waals surface area contributed by atoms with Gasteiger partial charge in [-0.15, -0.1) is 0 Å². The Balaban J connectivity index is 1.50. The van der Waals surface area contributed by atoms with Crippen LogP contribution in [0.2, 0.25) is 0 Å². The van der Waals surface area contributed by atoms with Gasteiger partial charge in [-0.3, -0.25) is 9.52 Å². The Kier molecular flexibility index (Phi) is 5.38. The Hall–Kier alpha value is -2.96. The molecule has 168 valence electrons. The Morgan fingerprint density at radius 3 is 2.79 bits per heavy atom. The van der Waals surface area contributed by atoms with Gasteiger partial charge < -0.3 is 4.90 Å². The number of hydrogen-bond donors (Lipinski definition) is 1. The highest BCUT2D eigenvalue weighted by atomic mass is 79.9. The lowest BCUT2D eigenvalue weighted by atomic mass is 10.1. The summed E-state index contributed by atoms with van der Waals surface area (Å²) in [5.41, 5.74) is 0.964. The van der Waals surface area contributed by atoms with Crippen LogP contribution in [0.3, 0.4) is 0 Å². The Labute approximate surface area is 199 Å². The second-order valence-electron chi connectivity index (χ2n) is 7.34. The number of fused-ring (bicyclic) bond motifs is 2. The van der Waals surface area contributed by atoms with Gasteiger partial charge in [0.2, 0.25) is 0 Å². The zero-order chi connectivity index (χ0) is 23.3. The maximum absolute atomic E-state index is 14.1. The molecule has 7 nitrogen and oxygen atoms in total. The van der Waals surface area contributed by atoms with Crippen molar-refractivity contribution in [3.63, 3.8) is 0 Å². The van der Waals surface area contributed by atoms with Crippen molar-refractivity contribution < 1.29 is 22.0 Å². The number of aromatic nitrogens is 2. The number of benzene rings is 2. The zero-order valence-electron chi connectivity index (χ0n) is 16.5. The molecule has 1 aliphatic heterocycles. The summed E-state index contributed by atoms with van der Waals surface area (Å²) in [7, 11) is -4.15. The third-order valence-corrected chi connectivity index (χ3v) is 7.71. The highest BCUT2D eigenvalue weighted by molar-refractivity contribution is 9.10. The van der Waals surface area contributed by atoms with Crippen LogP contribution >= 0.6 is 27.5 Å². The van der Waals surface area contributed by atoms with Crippen molar-refractivity contribution in [2.45, 2.75) is 18.1 Å². The first-order chi connectivity index (χ1) is 15.7. The summed E-state index contributed by atoms with van der Waals surface area (Å²) < 4.78 is 61.4. The summed E-state index contributed by atoms with van der Waals surface area (Å²) in [4.78, 5) is 18.5. The van der Waals surface area contributed by atoms with E-state index in [1.54, 1.807) is 12.1 Å². The van der Waals surface area contributed by atoms with Crippen LogP contribution < -0.4 is 4.72 Å². The number of carbonyl (C=O) groups is 1. The van der Waals surface area contributed by atoms with Crippen LogP contribution in [-0.4, -0.2) is 28.6 Å². The van der Waals surface area contributed by atoms with Crippen molar-refractivity contribution in [1.29, 1.82) is 0 Å². The molecule has 0 saturated heterocycles. The van der Waals surface area contributed by atoms with Crippen LogP contribution in [0.25, 0.3) is 10.1 Å². The molecule has 1 aliphatic rings. The Morgan fingerprint density at radius 1 is 1.18 bits per heavy atom. The van der Waals surface area contributed by atoms with E-state index in [2.05, 4.69) is 30.0 Å². The van der Waals surface area contributed by atoms with Crippen LogP contribution in [0, 0.1) is 11.6 Å². The topological polar surface area (TPSA) is 92.3 Å². The van der Waals surface area contributed by atoms with Crippen LogP contribution in [0.15, 0.2) is 58.3 Å². The summed E-state index contributed by atoms with van der Waals surface area (Å²) in [5.74, 6) is -1.94. The summed E-state index contributed by atoms with van der Waals surface area (Å²) in [6.07, 6.45) is 2.81. The molecule has 0 radical (unpaired) electrons. The molecule has 2 aromatic carbocycles. The lowest BCUT2D eigenvalue weighted by Crippen LogP contribution is -2.24. The summed E-state index contributed by atoms with van der Waals surface area (Å²) >= 11 is 4.49. The number of sulfonamides is 1. The SMILES string of the molecule is O=C1c2c(cc(Br)cc2NS(=O)(=O)c2nccc3sncc23)CN1Cc1ccc(F)cc1F. The number of nitrogens with one attached hydrogen (secondary N) is 1. The predicted octanol–water partition coefficient (Wildman–Crippen LogP) is 4.69. The van der Waals surface area contributed by atoms with Crippen molar-refractivity contribution in [3.05, 3.63) is 81.6 Å². The van der Waals surface area contributed by atoms with E-state index in [9.17, 15) is 22.0 Å². The number of anilines is 1. The fourth-order valence-corrected chi connectivity index (χ4v) is 6.13. The number of hydrogen-bond acceptors (Lipinski definition) is 6. The number of nitrogens with zero attached hydrogens (tertiary/aromatic N) is 3. The number of carbonyl (C=O) groups excluding carboxylic acids is 1. The molecule has 3 heterocycles. The molecule has 0 fully saturated rings. The molecule has 5 rings (SSSR count). The third kappa shape index (κ3) is 3.98. The molecule has 0 unspecified atom stereocenters. The van der Waals surface area contributed by atoms with Gasteiger partial charge in [-0.25, -0.2) is 13.8 Å². The first kappa shape index (κ1) is 21.9. The molecule has 1 N–H and O–H groups in total. The quantitative estimate of drug-likeness (QED) is 0.389. The molecule has 2 aromatic heterocycles. The molecule has 0 saturated carbocycles. The van der Waals surface area contributed by atoms with Crippen LogP contribution in [0.1, 0.15) is 21.5 Å². The molecular formula is C21H13BrF2N4O3S2. The monoisotopic (exact) mass is 550 g/mol. The Morgan fingerprint density at radius 2 is 2.00 bits per heavy atom. The summed E-state index contributed by atoms with van der Waals surface area (Å²) in [6, 6.07) is 8.01. The first-order valence-electron chi connectivity index (χ1n) is 9.51. The normalized spacial score (nSPS) is 13.5. The zero-order valence-corrected chi connectivity index (χ0v) is 19.8. The minimum atomic E-state index is -4.15. The van der Waals surface area contributed by atoms with E-state index in [-0.39, 0.29) is 34.9 Å². The van der Waals surface area contributed by atoms with Gasteiger partial charge in [-0.1, -0.05) is 22.0 Å². The molecule has 33 heavy (non-hydrogen) atoms. The number of pyridine rings is 1. The fourth-order valence-electron chi connectivity index (χ4n) is 3.72. The molecule has 0 aliphatic carbocycles. The van der Waals surface area contributed by atoms with E-state index in [0.29, 0.717) is 20.1 Å². The summed E-state index contributed by atoms with van der Waals surface area (Å²) in [6.45, 7) is 0.0479. The van der Waals surface area contributed by atoms with Gasteiger partial charge in [0.25, 0.3) is 15.9 Å². The standard InChI is InChI=1S/C21H13BrF2N4O3S2/c22-13-5-12-10-28(9-11-1-2-14(23)7-16(11)24)21(29)19(12)17(6-13)27-33(30,31)20-15-8-26-32-18(15)3-4-25-20/h1-8,27H,9-10H2. The minimum absolute atomic E-state index is 0.0773. The smallest absolute Gasteiger partial charge is 0.280 e. The van der Waals surface area contributed by atoms with E-state index in [1.807, 2.05) is 0 Å². The van der Waals surface area contributed by atoms with Gasteiger partial charge in [-0.05, 0) is 41.4 Å². The van der Waals surface area contributed by atoms with Gasteiger partial charge >= 0.3 is 0 Å². The molecule has 0 atom stereocenters. The fraction of sp³-hybridized carbons (Fsp3) is 0.0952. The molecule has 0 bridgehead atoms. The first-order valence-corrected chi connectivity index (χ1v) is 12.6. The maximum Gasteiger partial charge on any atom is 0.280 e. The lowest BCUT2D eigenvalue weighted by molar-refractivity contribution is 0.0766. The molecule has 0 spiro atoms. The van der Waals surface area contributed by atoms with Crippen LogP contribution in [-0.2, 0) is 23.1 Å². The van der Waals surface area contributed by atoms with Gasteiger partial charge in [0.05, 0.1) is 27.5 Å². The highest BCUT2D eigenvalue weighted by Crippen LogP contribution is 2.35. The number of halogens is 3. The molecule has 1 amide bonds. The lowest BCUT2D eigenvalue weighted by Gasteiger charge is -2.16. The van der Waals surface area contributed by atoms with Crippen molar-refractivity contribution in [2.75, 3.05) is 4.72 Å². The van der Waals surface area contributed by atoms with Crippen LogP contribution in [0.4, 0.5) is 14.5 Å². The maximum atomic E-state index is 14.1. The van der Waals surface area contributed by atoms with Gasteiger partial charge in [0.15, 0.2) is 5.03 Å². The summed E-state index contributed by atoms with van der Waals surface area (Å²) in [5, 5.41) is 0.180. The Bertz CT molecular complexity index is 1540. The number of rotatable bonds is 5. The highest BCUT2D eigenvalue weighted by Gasteiger charge is 2.33. The molecular weight excluding hydrogens is 538 g/mol. The van der Waals surface area contributed by atoms with Crippen LogP contribution in [0.5, 0.6) is 0 Å². The predicted molar refractivity (Wildman–Crippen MR) is 122 cm³/mol. The average molecular weight is 551 g/mol. The van der Waals surface area contributed by atoms with Crippen molar-refractivity contribution in [1.82, 2.24) is 14.3 Å². The minimum Gasteiger partial charge on any atom is -0.330 e. The second kappa shape index (κ2) is 8.12. The van der Waals surface area contributed by atoms with E-state index in [4.69, 9.17) is 0 Å². The van der Waals surface area contributed by atoms with Gasteiger partial charge in [0, 0.05) is 35.4 Å². The second-order valence-corrected chi connectivity index (χ2v) is 10.7. The van der Waals surface area contributed by atoms with Crippen molar-refractivity contribution in [2.24, 2.45) is 0 Å². The van der Waals surface area contributed by atoms with E-state index in [1.165, 1.54) is 29.4 Å². The molecule has 4 aromatic rings. The molecule has 12 heteroatoms. The average Bonchev–Trinajstić information content (AvgIpc) is 3.34.